The Balaban J connectivity index is 1.37. The highest BCUT2D eigenvalue weighted by molar-refractivity contribution is 5.87. The first-order valence-electron chi connectivity index (χ1n) is 15.6. The van der Waals surface area contributed by atoms with Crippen LogP contribution in [-0.2, 0) is 9.53 Å². The summed E-state index contributed by atoms with van der Waals surface area (Å²) < 4.78 is 5.93. The second-order valence-electron chi connectivity index (χ2n) is 14.4. The van der Waals surface area contributed by atoms with Crippen molar-refractivity contribution in [1.29, 1.82) is 0 Å². The number of ether oxygens (including phenoxy) is 1. The number of aliphatic hydroxyl groups excluding tert-OH is 1. The van der Waals surface area contributed by atoms with Gasteiger partial charge in [0, 0.05) is 12.2 Å². The first-order valence-corrected chi connectivity index (χ1v) is 15.6. The number of hydrogen-bond acceptors (Lipinski definition) is 3. The zero-order valence-electron chi connectivity index (χ0n) is 24.2. The lowest BCUT2D eigenvalue weighted by Gasteiger charge is -2.61. The molecule has 0 aromatic carbocycles. The summed E-state index contributed by atoms with van der Waals surface area (Å²) in [5, 5.41) is 9.04. The van der Waals surface area contributed by atoms with Crippen molar-refractivity contribution in [3.63, 3.8) is 0 Å². The molecule has 0 amide bonds. The standard InChI is InChI=1S/C33H56O3/c1-22(2)9-7-10-23(3)28-14-15-29-27-13-12-25-21-26(36-31(35)24(4)11-8-20-34)16-18-32(25,5)30(27)17-19-33(28,29)6/h22-23,25-30,34H,4,7-21H2,1-3,5-6H3/t23-,25+,26+,27+,28-,29+,30+,32+,33-/m1/s1. The molecule has 0 heterocycles. The fourth-order valence-electron chi connectivity index (χ4n) is 9.98. The molecule has 4 saturated carbocycles. The van der Waals surface area contributed by atoms with E-state index in [0.717, 1.165) is 48.3 Å². The lowest BCUT2D eigenvalue weighted by molar-refractivity contribution is -0.159. The van der Waals surface area contributed by atoms with Gasteiger partial charge in [-0.1, -0.05) is 60.5 Å². The van der Waals surface area contributed by atoms with E-state index >= 15 is 0 Å². The topological polar surface area (TPSA) is 46.5 Å². The van der Waals surface area contributed by atoms with Gasteiger partial charge in [0.15, 0.2) is 0 Å². The highest BCUT2D eigenvalue weighted by atomic mass is 16.5. The minimum absolute atomic E-state index is 0.0504. The van der Waals surface area contributed by atoms with Crippen LogP contribution in [-0.4, -0.2) is 23.8 Å². The van der Waals surface area contributed by atoms with Crippen LogP contribution in [0.5, 0.6) is 0 Å². The average Bonchev–Trinajstić information content (AvgIpc) is 3.19. The Morgan fingerprint density at radius 3 is 2.39 bits per heavy atom. The van der Waals surface area contributed by atoms with Crippen molar-refractivity contribution >= 4 is 5.97 Å². The number of esters is 1. The van der Waals surface area contributed by atoms with Crippen molar-refractivity contribution < 1.29 is 14.6 Å². The second-order valence-corrected chi connectivity index (χ2v) is 14.4. The SMILES string of the molecule is C=C(CCCO)C(=O)O[C@H]1CC[C@@]2(C)[C@@H](CC[C@@H]3[C@@H]2CC[C@]2(C)[C@@H]([C@H](C)CCCC(C)C)CC[C@@H]32)C1. The van der Waals surface area contributed by atoms with Crippen molar-refractivity contribution in [2.75, 3.05) is 6.61 Å². The molecule has 0 radical (unpaired) electrons. The summed E-state index contributed by atoms with van der Waals surface area (Å²) in [5.74, 6) is 5.78. The summed E-state index contributed by atoms with van der Waals surface area (Å²) in [7, 11) is 0. The lowest BCUT2D eigenvalue weighted by atomic mass is 9.44. The highest BCUT2D eigenvalue weighted by Gasteiger charge is 2.60. The minimum atomic E-state index is -0.237. The van der Waals surface area contributed by atoms with Gasteiger partial charge in [-0.15, -0.1) is 0 Å². The molecule has 3 heteroatoms. The molecule has 1 N–H and O–H groups in total. The smallest absolute Gasteiger partial charge is 0.333 e. The van der Waals surface area contributed by atoms with Gasteiger partial charge in [0.05, 0.1) is 0 Å². The number of carbonyl (C=O) groups excluding carboxylic acids is 1. The van der Waals surface area contributed by atoms with E-state index in [4.69, 9.17) is 9.84 Å². The monoisotopic (exact) mass is 500 g/mol. The predicted octanol–water partition coefficient (Wildman–Crippen LogP) is 8.35. The number of hydrogen-bond donors (Lipinski definition) is 1. The molecular weight excluding hydrogens is 444 g/mol. The van der Waals surface area contributed by atoms with Crippen LogP contribution in [0.4, 0.5) is 0 Å². The van der Waals surface area contributed by atoms with E-state index in [1.807, 2.05) is 0 Å². The third-order valence-electron chi connectivity index (χ3n) is 12.0. The normalized spacial score (nSPS) is 40.8. The van der Waals surface area contributed by atoms with E-state index in [0.29, 0.717) is 35.2 Å². The van der Waals surface area contributed by atoms with Crippen molar-refractivity contribution in [3.8, 4) is 0 Å². The average molecular weight is 501 g/mol. The summed E-state index contributed by atoms with van der Waals surface area (Å²) in [6.45, 7) is 16.6. The molecule has 0 aromatic heterocycles. The number of fused-ring (bicyclic) bond motifs is 5. The Kier molecular flexibility index (Phi) is 9.01. The fraction of sp³-hybridized carbons (Fsp3) is 0.909. The van der Waals surface area contributed by atoms with E-state index in [-0.39, 0.29) is 18.7 Å². The third-order valence-corrected chi connectivity index (χ3v) is 12.0. The van der Waals surface area contributed by atoms with Gasteiger partial charge in [-0.05, 0) is 123 Å². The van der Waals surface area contributed by atoms with E-state index in [1.54, 1.807) is 0 Å². The molecule has 4 aliphatic carbocycles. The molecule has 0 aromatic rings. The van der Waals surface area contributed by atoms with Gasteiger partial charge < -0.3 is 9.84 Å². The third kappa shape index (κ3) is 5.48. The van der Waals surface area contributed by atoms with Gasteiger partial charge in [0.1, 0.15) is 6.10 Å². The van der Waals surface area contributed by atoms with Gasteiger partial charge in [0.2, 0.25) is 0 Å². The van der Waals surface area contributed by atoms with E-state index < -0.39 is 0 Å². The number of rotatable bonds is 10. The molecule has 0 unspecified atom stereocenters. The fourth-order valence-corrected chi connectivity index (χ4v) is 9.98. The number of carbonyl (C=O) groups is 1. The van der Waals surface area contributed by atoms with Crippen LogP contribution >= 0.6 is 0 Å². The zero-order valence-corrected chi connectivity index (χ0v) is 24.2. The maximum Gasteiger partial charge on any atom is 0.333 e. The Morgan fingerprint density at radius 1 is 0.944 bits per heavy atom. The van der Waals surface area contributed by atoms with Crippen molar-refractivity contribution in [3.05, 3.63) is 12.2 Å². The van der Waals surface area contributed by atoms with Gasteiger partial charge in [-0.25, -0.2) is 4.79 Å². The summed E-state index contributed by atoms with van der Waals surface area (Å²) in [6.07, 6.45) is 17.1. The van der Waals surface area contributed by atoms with Crippen molar-refractivity contribution in [2.24, 2.45) is 52.3 Å². The van der Waals surface area contributed by atoms with Gasteiger partial charge in [-0.2, -0.15) is 0 Å². The Bertz CT molecular complexity index is 773. The van der Waals surface area contributed by atoms with Crippen LogP contribution in [0.25, 0.3) is 0 Å². The molecule has 3 nitrogen and oxygen atoms in total. The molecule has 0 bridgehead atoms. The van der Waals surface area contributed by atoms with Crippen LogP contribution in [0.15, 0.2) is 12.2 Å². The maximum atomic E-state index is 12.5. The Labute approximate surface area is 222 Å². The zero-order chi connectivity index (χ0) is 26.1. The first kappa shape index (κ1) is 28.2. The van der Waals surface area contributed by atoms with Crippen LogP contribution in [0, 0.1) is 52.3 Å². The molecule has 36 heavy (non-hydrogen) atoms. The summed E-state index contributed by atoms with van der Waals surface area (Å²) >= 11 is 0. The number of aliphatic hydroxyl groups is 1. The quantitative estimate of drug-likeness (QED) is 0.242. The minimum Gasteiger partial charge on any atom is -0.459 e. The molecule has 0 spiro atoms. The molecule has 4 aliphatic rings. The summed E-state index contributed by atoms with van der Waals surface area (Å²) in [6, 6.07) is 0. The second kappa shape index (κ2) is 11.5. The van der Waals surface area contributed by atoms with E-state index in [2.05, 4.69) is 41.2 Å². The van der Waals surface area contributed by atoms with Gasteiger partial charge >= 0.3 is 5.97 Å². The van der Waals surface area contributed by atoms with Gasteiger partial charge in [-0.3, -0.25) is 0 Å². The maximum absolute atomic E-state index is 12.5. The molecule has 4 fully saturated rings. The first-order chi connectivity index (χ1) is 17.1. The van der Waals surface area contributed by atoms with E-state index in [9.17, 15) is 4.79 Å². The van der Waals surface area contributed by atoms with Crippen molar-refractivity contribution in [2.45, 2.75) is 131 Å². The van der Waals surface area contributed by atoms with Gasteiger partial charge in [0.25, 0.3) is 0 Å². The lowest BCUT2D eigenvalue weighted by Crippen LogP contribution is -2.54. The Hall–Kier alpha value is -0.830. The van der Waals surface area contributed by atoms with Crippen LogP contribution in [0.3, 0.4) is 0 Å². The molecule has 0 aliphatic heterocycles. The molecule has 206 valence electrons. The molecule has 0 saturated heterocycles. The molecular formula is C33H56O3. The largest absolute Gasteiger partial charge is 0.459 e. The highest BCUT2D eigenvalue weighted by Crippen LogP contribution is 2.68. The van der Waals surface area contributed by atoms with Crippen LogP contribution in [0.1, 0.15) is 125 Å². The van der Waals surface area contributed by atoms with Crippen LogP contribution < -0.4 is 0 Å². The molecule has 9 atom stereocenters. The molecule has 4 rings (SSSR count). The summed E-state index contributed by atoms with van der Waals surface area (Å²) in [4.78, 5) is 12.5. The van der Waals surface area contributed by atoms with E-state index in [1.165, 1.54) is 64.2 Å². The Morgan fingerprint density at radius 2 is 1.67 bits per heavy atom. The summed E-state index contributed by atoms with van der Waals surface area (Å²) in [5.41, 5.74) is 1.49. The van der Waals surface area contributed by atoms with Crippen molar-refractivity contribution in [1.82, 2.24) is 0 Å². The van der Waals surface area contributed by atoms with Crippen LogP contribution in [0.2, 0.25) is 0 Å². The predicted molar refractivity (Wildman–Crippen MR) is 148 cm³/mol.